The highest BCUT2D eigenvalue weighted by Crippen LogP contribution is 2.30. The van der Waals surface area contributed by atoms with E-state index in [1.807, 2.05) is 23.1 Å². The quantitative estimate of drug-likeness (QED) is 0.705. The summed E-state index contributed by atoms with van der Waals surface area (Å²) in [6.07, 6.45) is 5.71. The molecule has 1 saturated heterocycles. The molecular formula is C25H29N3O2. The van der Waals surface area contributed by atoms with Gasteiger partial charge in [-0.3, -0.25) is 4.79 Å². The zero-order chi connectivity index (χ0) is 20.5. The minimum absolute atomic E-state index is 0.152. The Labute approximate surface area is 177 Å². The summed E-state index contributed by atoms with van der Waals surface area (Å²) in [5.74, 6) is 1.02. The van der Waals surface area contributed by atoms with Crippen molar-refractivity contribution in [1.29, 1.82) is 0 Å². The number of aromatic amines is 1. The lowest BCUT2D eigenvalue weighted by Gasteiger charge is -2.24. The van der Waals surface area contributed by atoms with E-state index in [0.29, 0.717) is 0 Å². The lowest BCUT2D eigenvalue weighted by molar-refractivity contribution is 0.0767. The van der Waals surface area contributed by atoms with Crippen LogP contribution in [0, 0.1) is 0 Å². The third-order valence-electron chi connectivity index (χ3n) is 6.57. The summed E-state index contributed by atoms with van der Waals surface area (Å²) in [5.41, 5.74) is 5.96. The molecule has 1 aliphatic carbocycles. The van der Waals surface area contributed by atoms with E-state index in [1.54, 1.807) is 7.11 Å². The maximum absolute atomic E-state index is 13.3. The Morgan fingerprint density at radius 1 is 0.933 bits per heavy atom. The first-order valence-corrected chi connectivity index (χ1v) is 11.0. The number of carbonyl (C=O) groups excluding carboxylic acids is 1. The lowest BCUT2D eigenvalue weighted by Crippen LogP contribution is -2.35. The molecule has 1 aromatic heterocycles. The van der Waals surface area contributed by atoms with Crippen LogP contribution >= 0.6 is 0 Å². The van der Waals surface area contributed by atoms with Crippen LogP contribution < -0.4 is 9.64 Å². The van der Waals surface area contributed by atoms with E-state index in [9.17, 15) is 4.79 Å². The van der Waals surface area contributed by atoms with Crippen molar-refractivity contribution < 1.29 is 9.53 Å². The molecule has 5 nitrogen and oxygen atoms in total. The third kappa shape index (κ3) is 3.53. The summed E-state index contributed by atoms with van der Waals surface area (Å²) >= 11 is 0. The van der Waals surface area contributed by atoms with Crippen LogP contribution in [0.3, 0.4) is 0 Å². The summed E-state index contributed by atoms with van der Waals surface area (Å²) in [6, 6.07) is 14.4. The van der Waals surface area contributed by atoms with Gasteiger partial charge in [0.1, 0.15) is 5.75 Å². The number of aryl methyl sites for hydroxylation is 2. The van der Waals surface area contributed by atoms with Crippen molar-refractivity contribution in [2.45, 2.75) is 32.1 Å². The molecule has 30 heavy (non-hydrogen) atoms. The lowest BCUT2D eigenvalue weighted by atomic mass is 9.95. The van der Waals surface area contributed by atoms with Crippen LogP contribution in [0.4, 0.5) is 5.69 Å². The summed E-state index contributed by atoms with van der Waals surface area (Å²) in [6.45, 7) is 3.35. The van der Waals surface area contributed by atoms with Gasteiger partial charge < -0.3 is 19.5 Å². The second-order valence-corrected chi connectivity index (χ2v) is 8.38. The number of nitrogens with one attached hydrogen (secondary N) is 1. The SMILES string of the molecule is COc1ccc(N2CCCN(C(=O)c3ccc4[nH]c5c(c4c3)CCCC5)CC2)cc1. The molecule has 1 aliphatic heterocycles. The minimum Gasteiger partial charge on any atom is -0.497 e. The van der Waals surface area contributed by atoms with E-state index >= 15 is 0 Å². The number of ether oxygens (including phenoxy) is 1. The Morgan fingerprint density at radius 3 is 2.60 bits per heavy atom. The van der Waals surface area contributed by atoms with E-state index in [1.165, 1.54) is 40.7 Å². The Hall–Kier alpha value is -2.95. The number of benzene rings is 2. The molecule has 2 aliphatic rings. The van der Waals surface area contributed by atoms with Crippen molar-refractivity contribution in [2.24, 2.45) is 0 Å². The van der Waals surface area contributed by atoms with Crippen LogP contribution in [-0.4, -0.2) is 49.1 Å². The highest BCUT2D eigenvalue weighted by atomic mass is 16.5. The number of aromatic nitrogens is 1. The predicted molar refractivity (Wildman–Crippen MR) is 121 cm³/mol. The van der Waals surface area contributed by atoms with Gasteiger partial charge in [-0.05, 0) is 80.1 Å². The van der Waals surface area contributed by atoms with Gasteiger partial charge >= 0.3 is 0 Å². The van der Waals surface area contributed by atoms with Gasteiger partial charge in [0.15, 0.2) is 0 Å². The molecule has 156 valence electrons. The summed E-state index contributed by atoms with van der Waals surface area (Å²) < 4.78 is 5.26. The first-order valence-electron chi connectivity index (χ1n) is 11.0. The van der Waals surface area contributed by atoms with E-state index in [4.69, 9.17) is 4.74 Å². The number of anilines is 1. The van der Waals surface area contributed by atoms with Crippen molar-refractivity contribution in [3.8, 4) is 5.75 Å². The topological polar surface area (TPSA) is 48.6 Å². The van der Waals surface area contributed by atoms with Crippen LogP contribution in [-0.2, 0) is 12.8 Å². The number of carbonyl (C=O) groups is 1. The van der Waals surface area contributed by atoms with Crippen LogP contribution in [0.2, 0.25) is 0 Å². The normalized spacial score (nSPS) is 17.0. The number of fused-ring (bicyclic) bond motifs is 3. The Kier molecular flexibility index (Phi) is 5.11. The van der Waals surface area contributed by atoms with Gasteiger partial charge in [0.2, 0.25) is 0 Å². The van der Waals surface area contributed by atoms with E-state index < -0.39 is 0 Å². The zero-order valence-corrected chi connectivity index (χ0v) is 17.6. The molecule has 0 saturated carbocycles. The molecule has 1 N–H and O–H groups in total. The zero-order valence-electron chi connectivity index (χ0n) is 17.6. The largest absolute Gasteiger partial charge is 0.497 e. The molecule has 3 aromatic rings. The second kappa shape index (κ2) is 8.05. The van der Waals surface area contributed by atoms with Crippen LogP contribution in [0.5, 0.6) is 5.75 Å². The first-order chi connectivity index (χ1) is 14.7. The highest BCUT2D eigenvalue weighted by molar-refractivity contribution is 5.99. The van der Waals surface area contributed by atoms with E-state index in [2.05, 4.69) is 34.1 Å². The summed E-state index contributed by atoms with van der Waals surface area (Å²) in [5, 5.41) is 1.24. The van der Waals surface area contributed by atoms with Crippen molar-refractivity contribution >= 4 is 22.5 Å². The number of H-pyrrole nitrogens is 1. The van der Waals surface area contributed by atoms with E-state index in [-0.39, 0.29) is 5.91 Å². The van der Waals surface area contributed by atoms with Gasteiger partial charge in [-0.2, -0.15) is 0 Å². The number of amides is 1. The Morgan fingerprint density at radius 2 is 1.77 bits per heavy atom. The maximum Gasteiger partial charge on any atom is 0.253 e. The maximum atomic E-state index is 13.3. The number of methoxy groups -OCH3 is 1. The number of hydrogen-bond acceptors (Lipinski definition) is 3. The smallest absolute Gasteiger partial charge is 0.253 e. The fourth-order valence-corrected chi connectivity index (χ4v) is 4.89. The van der Waals surface area contributed by atoms with Crippen molar-refractivity contribution in [3.63, 3.8) is 0 Å². The number of hydrogen-bond donors (Lipinski definition) is 1. The average molecular weight is 404 g/mol. The highest BCUT2D eigenvalue weighted by Gasteiger charge is 2.22. The molecule has 0 bridgehead atoms. The standard InChI is InChI=1S/C25H29N3O2/c1-30-20-10-8-19(9-11-20)27-13-4-14-28(16-15-27)25(29)18-7-12-24-22(17-18)21-5-2-3-6-23(21)26-24/h7-12,17,26H,2-6,13-16H2,1H3. The molecule has 1 fully saturated rings. The predicted octanol–water partition coefficient (Wildman–Crippen LogP) is 4.41. The molecule has 1 amide bonds. The number of rotatable bonds is 3. The Bertz CT molecular complexity index is 1050. The third-order valence-corrected chi connectivity index (χ3v) is 6.57. The fraction of sp³-hybridized carbons (Fsp3) is 0.400. The second-order valence-electron chi connectivity index (χ2n) is 8.38. The molecule has 2 heterocycles. The molecule has 0 spiro atoms. The molecule has 5 rings (SSSR count). The van der Waals surface area contributed by atoms with Crippen LogP contribution in [0.25, 0.3) is 10.9 Å². The van der Waals surface area contributed by atoms with Gasteiger partial charge in [0, 0.05) is 54.0 Å². The summed E-state index contributed by atoms with van der Waals surface area (Å²) in [4.78, 5) is 21.2. The van der Waals surface area contributed by atoms with Gasteiger partial charge in [-0.15, -0.1) is 0 Å². The van der Waals surface area contributed by atoms with E-state index in [0.717, 1.165) is 56.8 Å². The molecule has 0 radical (unpaired) electrons. The minimum atomic E-state index is 0.152. The summed E-state index contributed by atoms with van der Waals surface area (Å²) in [7, 11) is 1.69. The van der Waals surface area contributed by atoms with Crippen molar-refractivity contribution in [1.82, 2.24) is 9.88 Å². The van der Waals surface area contributed by atoms with Gasteiger partial charge in [-0.25, -0.2) is 0 Å². The first kappa shape index (κ1) is 19.0. The van der Waals surface area contributed by atoms with Crippen LogP contribution in [0.1, 0.15) is 40.9 Å². The fourth-order valence-electron chi connectivity index (χ4n) is 4.89. The monoisotopic (exact) mass is 403 g/mol. The molecule has 2 aromatic carbocycles. The van der Waals surface area contributed by atoms with Gasteiger partial charge in [0.05, 0.1) is 7.11 Å². The van der Waals surface area contributed by atoms with Crippen molar-refractivity contribution in [2.75, 3.05) is 38.2 Å². The van der Waals surface area contributed by atoms with Gasteiger partial charge in [-0.1, -0.05) is 0 Å². The van der Waals surface area contributed by atoms with Crippen LogP contribution in [0.15, 0.2) is 42.5 Å². The molecule has 0 atom stereocenters. The Balaban J connectivity index is 1.32. The molecular weight excluding hydrogens is 374 g/mol. The van der Waals surface area contributed by atoms with Gasteiger partial charge in [0.25, 0.3) is 5.91 Å². The molecule has 0 unspecified atom stereocenters. The van der Waals surface area contributed by atoms with Crippen molar-refractivity contribution in [3.05, 3.63) is 59.3 Å². The average Bonchev–Trinajstić information content (AvgIpc) is 2.99. The molecule has 5 heteroatoms. The number of nitrogens with zero attached hydrogens (tertiary/aromatic N) is 2.